The first-order chi connectivity index (χ1) is 10.1. The van der Waals surface area contributed by atoms with Crippen molar-refractivity contribution in [3.05, 3.63) is 35.9 Å². The summed E-state index contributed by atoms with van der Waals surface area (Å²) in [6.45, 7) is 2.18. The summed E-state index contributed by atoms with van der Waals surface area (Å²) < 4.78 is 5.02. The molecule has 1 amide bonds. The van der Waals surface area contributed by atoms with Crippen LogP contribution in [0.2, 0.25) is 0 Å². The van der Waals surface area contributed by atoms with E-state index in [1.165, 1.54) is 0 Å². The molecule has 21 heavy (non-hydrogen) atoms. The number of carbonyl (C=O) groups is 2. The highest BCUT2D eigenvalue weighted by Gasteiger charge is 2.20. The minimum atomic E-state index is -1.03. The van der Waals surface area contributed by atoms with Gasteiger partial charge in [0.25, 0.3) is 0 Å². The molecule has 0 spiro atoms. The third-order valence-electron chi connectivity index (χ3n) is 2.79. The van der Waals surface area contributed by atoms with E-state index < -0.39 is 18.1 Å². The van der Waals surface area contributed by atoms with E-state index in [1.54, 1.807) is 11.8 Å². The molecule has 1 unspecified atom stereocenters. The van der Waals surface area contributed by atoms with E-state index in [9.17, 15) is 9.59 Å². The van der Waals surface area contributed by atoms with E-state index >= 15 is 0 Å². The Morgan fingerprint density at radius 3 is 2.67 bits per heavy atom. The maximum absolute atomic E-state index is 11.6. The predicted octanol–water partition coefficient (Wildman–Crippen LogP) is 2.90. The lowest BCUT2D eigenvalue weighted by Gasteiger charge is -2.14. The predicted molar refractivity (Wildman–Crippen MR) is 83.4 cm³/mol. The second kappa shape index (κ2) is 10.1. The average Bonchev–Trinajstić information content (AvgIpc) is 2.49. The number of rotatable bonds is 9. The zero-order valence-corrected chi connectivity index (χ0v) is 12.9. The largest absolute Gasteiger partial charge is 0.480 e. The van der Waals surface area contributed by atoms with Crippen LogP contribution in [0, 0.1) is 0 Å². The van der Waals surface area contributed by atoms with Gasteiger partial charge in [-0.25, -0.2) is 9.59 Å². The SMILES string of the molecule is CCSCCCC(NC(=O)OCc1ccccc1)C(=O)O. The molecule has 6 heteroatoms. The number of aliphatic carboxylic acids is 1. The van der Waals surface area contributed by atoms with Crippen molar-refractivity contribution in [2.45, 2.75) is 32.4 Å². The number of nitrogens with one attached hydrogen (secondary N) is 1. The Balaban J connectivity index is 2.33. The van der Waals surface area contributed by atoms with E-state index in [0.717, 1.165) is 23.5 Å². The van der Waals surface area contributed by atoms with Gasteiger partial charge in [0.15, 0.2) is 0 Å². The molecule has 0 aromatic heterocycles. The van der Waals surface area contributed by atoms with Crippen molar-refractivity contribution in [1.29, 1.82) is 0 Å². The molecule has 1 aromatic carbocycles. The van der Waals surface area contributed by atoms with Gasteiger partial charge in [-0.15, -0.1) is 0 Å². The molecule has 0 aliphatic carbocycles. The zero-order valence-electron chi connectivity index (χ0n) is 12.1. The minimum Gasteiger partial charge on any atom is -0.480 e. The molecule has 0 aliphatic rings. The normalized spacial score (nSPS) is 11.7. The molecular formula is C15H21NO4S. The lowest BCUT2D eigenvalue weighted by atomic mass is 10.2. The molecule has 0 saturated heterocycles. The summed E-state index contributed by atoms with van der Waals surface area (Å²) >= 11 is 1.75. The molecule has 0 radical (unpaired) electrons. The smallest absolute Gasteiger partial charge is 0.408 e. The standard InChI is InChI=1S/C15H21NO4S/c1-2-21-10-6-9-13(14(17)18)16-15(19)20-11-12-7-4-3-5-8-12/h3-5,7-8,13H,2,6,9-11H2,1H3,(H,16,19)(H,17,18). The Bertz CT molecular complexity index is 439. The number of carbonyl (C=O) groups excluding carboxylic acids is 1. The number of hydrogen-bond acceptors (Lipinski definition) is 4. The fourth-order valence-electron chi connectivity index (χ4n) is 1.70. The van der Waals surface area contributed by atoms with Crippen molar-refractivity contribution in [3.8, 4) is 0 Å². The summed E-state index contributed by atoms with van der Waals surface area (Å²) in [4.78, 5) is 22.7. The number of thioether (sulfide) groups is 1. The fraction of sp³-hybridized carbons (Fsp3) is 0.467. The zero-order chi connectivity index (χ0) is 15.5. The molecule has 116 valence electrons. The van der Waals surface area contributed by atoms with Crippen LogP contribution >= 0.6 is 11.8 Å². The molecule has 5 nitrogen and oxygen atoms in total. The Morgan fingerprint density at radius 2 is 2.05 bits per heavy atom. The van der Waals surface area contributed by atoms with E-state index in [-0.39, 0.29) is 6.61 Å². The van der Waals surface area contributed by atoms with Crippen LogP contribution in [0.3, 0.4) is 0 Å². The van der Waals surface area contributed by atoms with Gasteiger partial charge < -0.3 is 15.2 Å². The molecule has 0 aliphatic heterocycles. The van der Waals surface area contributed by atoms with Gasteiger partial charge in [0, 0.05) is 0 Å². The Hall–Kier alpha value is -1.69. The number of amides is 1. The first-order valence-electron chi connectivity index (χ1n) is 6.91. The van der Waals surface area contributed by atoms with Gasteiger partial charge in [0.05, 0.1) is 0 Å². The van der Waals surface area contributed by atoms with E-state index in [1.807, 2.05) is 30.3 Å². The molecule has 0 bridgehead atoms. The molecule has 0 saturated carbocycles. The van der Waals surface area contributed by atoms with Crippen molar-refractivity contribution in [2.75, 3.05) is 11.5 Å². The summed E-state index contributed by atoms with van der Waals surface area (Å²) in [5.41, 5.74) is 0.860. The number of carboxylic acid groups (broad SMARTS) is 1. The van der Waals surface area contributed by atoms with Crippen molar-refractivity contribution in [2.24, 2.45) is 0 Å². The van der Waals surface area contributed by atoms with Crippen LogP contribution in [-0.2, 0) is 16.1 Å². The highest BCUT2D eigenvalue weighted by atomic mass is 32.2. The van der Waals surface area contributed by atoms with Crippen LogP contribution in [0.5, 0.6) is 0 Å². The van der Waals surface area contributed by atoms with Gasteiger partial charge in [0.1, 0.15) is 12.6 Å². The molecule has 1 atom stereocenters. The molecule has 1 rings (SSSR count). The van der Waals surface area contributed by atoms with Crippen LogP contribution in [0.4, 0.5) is 4.79 Å². The van der Waals surface area contributed by atoms with Gasteiger partial charge in [-0.3, -0.25) is 0 Å². The lowest BCUT2D eigenvalue weighted by Crippen LogP contribution is -2.41. The van der Waals surface area contributed by atoms with Crippen molar-refractivity contribution < 1.29 is 19.4 Å². The maximum atomic E-state index is 11.6. The second-order valence-corrected chi connectivity index (χ2v) is 5.83. The molecular weight excluding hydrogens is 290 g/mol. The Labute approximate surface area is 129 Å². The third kappa shape index (κ3) is 7.60. The highest BCUT2D eigenvalue weighted by Crippen LogP contribution is 2.07. The second-order valence-electron chi connectivity index (χ2n) is 4.44. The van der Waals surface area contributed by atoms with E-state index in [4.69, 9.17) is 9.84 Å². The minimum absolute atomic E-state index is 0.130. The van der Waals surface area contributed by atoms with Crippen LogP contribution in [0.15, 0.2) is 30.3 Å². The summed E-state index contributed by atoms with van der Waals surface area (Å²) in [7, 11) is 0. The van der Waals surface area contributed by atoms with Crippen LogP contribution in [-0.4, -0.2) is 34.7 Å². The number of ether oxygens (including phenoxy) is 1. The highest BCUT2D eigenvalue weighted by molar-refractivity contribution is 7.99. The molecule has 0 heterocycles. The molecule has 2 N–H and O–H groups in total. The average molecular weight is 311 g/mol. The van der Waals surface area contributed by atoms with Gasteiger partial charge >= 0.3 is 12.1 Å². The number of hydrogen-bond donors (Lipinski definition) is 2. The molecule has 0 fully saturated rings. The van der Waals surface area contributed by atoms with E-state index in [2.05, 4.69) is 12.2 Å². The first-order valence-corrected chi connectivity index (χ1v) is 8.06. The third-order valence-corrected chi connectivity index (χ3v) is 3.77. The lowest BCUT2D eigenvalue weighted by molar-refractivity contribution is -0.139. The van der Waals surface area contributed by atoms with Crippen molar-refractivity contribution in [1.82, 2.24) is 5.32 Å². The fourth-order valence-corrected chi connectivity index (χ4v) is 2.36. The summed E-state index contributed by atoms with van der Waals surface area (Å²) in [5, 5.41) is 11.5. The summed E-state index contributed by atoms with van der Waals surface area (Å²) in [6, 6.07) is 8.35. The quantitative estimate of drug-likeness (QED) is 0.686. The summed E-state index contributed by atoms with van der Waals surface area (Å²) in [5.74, 6) is 0.860. The van der Waals surface area contributed by atoms with Crippen LogP contribution in [0.1, 0.15) is 25.3 Å². The van der Waals surface area contributed by atoms with Gasteiger partial charge in [-0.1, -0.05) is 37.3 Å². The monoisotopic (exact) mass is 311 g/mol. The maximum Gasteiger partial charge on any atom is 0.408 e. The van der Waals surface area contributed by atoms with Crippen LogP contribution in [0.25, 0.3) is 0 Å². The van der Waals surface area contributed by atoms with Crippen LogP contribution < -0.4 is 5.32 Å². The Morgan fingerprint density at radius 1 is 1.33 bits per heavy atom. The van der Waals surface area contributed by atoms with Gasteiger partial charge in [-0.2, -0.15) is 11.8 Å². The number of carboxylic acids is 1. The number of alkyl carbamates (subject to hydrolysis) is 1. The van der Waals surface area contributed by atoms with E-state index in [0.29, 0.717) is 6.42 Å². The molecule has 1 aromatic rings. The van der Waals surface area contributed by atoms with Crippen molar-refractivity contribution >= 4 is 23.8 Å². The van der Waals surface area contributed by atoms with Gasteiger partial charge in [-0.05, 0) is 29.9 Å². The summed E-state index contributed by atoms with van der Waals surface area (Å²) in [6.07, 6.45) is 0.450. The number of benzene rings is 1. The first kappa shape index (κ1) is 17.4. The Kier molecular flexibility index (Phi) is 8.35. The van der Waals surface area contributed by atoms with Crippen molar-refractivity contribution in [3.63, 3.8) is 0 Å². The topological polar surface area (TPSA) is 75.6 Å². The van der Waals surface area contributed by atoms with Gasteiger partial charge in [0.2, 0.25) is 0 Å².